The lowest BCUT2D eigenvalue weighted by molar-refractivity contribution is 0.103. The summed E-state index contributed by atoms with van der Waals surface area (Å²) in [7, 11) is 0. The van der Waals surface area contributed by atoms with Crippen molar-refractivity contribution in [2.75, 3.05) is 12.1 Å². The summed E-state index contributed by atoms with van der Waals surface area (Å²) in [6.07, 6.45) is 0. The minimum absolute atomic E-state index is 0.214. The van der Waals surface area contributed by atoms with Crippen LogP contribution in [0, 0.1) is 12.7 Å². The topological polar surface area (TPSA) is 73.3 Å². The predicted molar refractivity (Wildman–Crippen MR) is 114 cm³/mol. The minimum atomic E-state index is -0.313. The first-order chi connectivity index (χ1) is 14.6. The van der Waals surface area contributed by atoms with Gasteiger partial charge in [0, 0.05) is 16.5 Å². The van der Waals surface area contributed by atoms with Crippen LogP contribution in [-0.2, 0) is 0 Å². The van der Waals surface area contributed by atoms with Gasteiger partial charge in [-0.05, 0) is 49.4 Å². The quantitative estimate of drug-likeness (QED) is 0.463. The van der Waals surface area contributed by atoms with Gasteiger partial charge in [-0.25, -0.2) is 14.4 Å². The maximum atomic E-state index is 13.1. The van der Waals surface area contributed by atoms with Crippen molar-refractivity contribution in [3.05, 3.63) is 64.2 Å². The average molecular weight is 439 g/mol. The van der Waals surface area contributed by atoms with Gasteiger partial charge in [0.2, 0.25) is 6.79 Å². The number of aromatic nitrogens is 2. The molecule has 5 rings (SSSR count). The number of halogens is 1. The zero-order valence-corrected chi connectivity index (χ0v) is 17.3. The molecule has 3 heterocycles. The van der Waals surface area contributed by atoms with Crippen molar-refractivity contribution >= 4 is 33.7 Å². The Kier molecular flexibility index (Phi) is 4.68. The van der Waals surface area contributed by atoms with Crippen LogP contribution in [0.4, 0.5) is 9.52 Å². The Bertz CT molecular complexity index is 1250. The third-order valence-electron chi connectivity index (χ3n) is 4.49. The molecule has 0 unspecified atom stereocenters. The monoisotopic (exact) mass is 439 g/mol. The van der Waals surface area contributed by atoms with E-state index < -0.39 is 0 Å². The van der Waals surface area contributed by atoms with Gasteiger partial charge in [0.05, 0.1) is 11.4 Å². The van der Waals surface area contributed by atoms with E-state index in [4.69, 9.17) is 9.47 Å². The molecule has 30 heavy (non-hydrogen) atoms. The van der Waals surface area contributed by atoms with Crippen LogP contribution >= 0.6 is 22.7 Å². The summed E-state index contributed by atoms with van der Waals surface area (Å²) in [4.78, 5) is 22.2. The number of hydrogen-bond donors (Lipinski definition) is 1. The SMILES string of the molecule is Cc1nc(-c2ccc(F)cc2)sc1C(=O)Nc1nc(-c2ccc3c(c2)OCO3)cs1. The molecule has 2 aromatic carbocycles. The highest BCUT2D eigenvalue weighted by atomic mass is 32.1. The van der Waals surface area contributed by atoms with E-state index in [1.165, 1.54) is 34.8 Å². The Labute approximate surface area is 179 Å². The molecule has 1 aliphatic heterocycles. The van der Waals surface area contributed by atoms with E-state index in [1.807, 2.05) is 23.6 Å². The van der Waals surface area contributed by atoms with E-state index in [-0.39, 0.29) is 18.5 Å². The molecular weight excluding hydrogens is 425 g/mol. The molecule has 1 aliphatic rings. The van der Waals surface area contributed by atoms with Crippen LogP contribution < -0.4 is 14.8 Å². The van der Waals surface area contributed by atoms with Crippen LogP contribution in [0.15, 0.2) is 47.8 Å². The van der Waals surface area contributed by atoms with E-state index in [0.29, 0.717) is 32.2 Å². The number of rotatable bonds is 4. The van der Waals surface area contributed by atoms with Crippen molar-refractivity contribution in [2.24, 2.45) is 0 Å². The number of ether oxygens (including phenoxy) is 2. The average Bonchev–Trinajstić information content (AvgIpc) is 3.47. The van der Waals surface area contributed by atoms with Gasteiger partial charge in [-0.2, -0.15) is 0 Å². The number of nitrogens with one attached hydrogen (secondary N) is 1. The lowest BCUT2D eigenvalue weighted by Crippen LogP contribution is -2.11. The van der Waals surface area contributed by atoms with Gasteiger partial charge < -0.3 is 9.47 Å². The second-order valence-electron chi connectivity index (χ2n) is 6.50. The molecule has 0 radical (unpaired) electrons. The number of nitrogens with zero attached hydrogens (tertiary/aromatic N) is 2. The van der Waals surface area contributed by atoms with E-state index in [0.717, 1.165) is 16.8 Å². The third-order valence-corrected chi connectivity index (χ3v) is 6.45. The molecule has 0 saturated carbocycles. The highest BCUT2D eigenvalue weighted by Gasteiger charge is 2.19. The Morgan fingerprint density at radius 2 is 1.83 bits per heavy atom. The Balaban J connectivity index is 1.34. The number of carbonyl (C=O) groups is 1. The lowest BCUT2D eigenvalue weighted by Gasteiger charge is -2.01. The fourth-order valence-corrected chi connectivity index (χ4v) is 4.68. The number of carbonyl (C=O) groups excluding carboxylic acids is 1. The van der Waals surface area contributed by atoms with Crippen LogP contribution in [0.2, 0.25) is 0 Å². The van der Waals surface area contributed by atoms with Crippen LogP contribution in [-0.4, -0.2) is 22.7 Å². The molecule has 0 aliphatic carbocycles. The second kappa shape index (κ2) is 7.51. The normalized spacial score (nSPS) is 12.2. The van der Waals surface area contributed by atoms with Crippen molar-refractivity contribution in [2.45, 2.75) is 6.92 Å². The molecule has 150 valence electrons. The van der Waals surface area contributed by atoms with E-state index >= 15 is 0 Å². The standard InChI is InChI=1S/C21H14FN3O3S2/c1-11-18(30-20(23-11)12-2-5-14(22)6-3-12)19(26)25-21-24-15(9-29-21)13-4-7-16-17(8-13)28-10-27-16/h2-9H,10H2,1H3,(H,24,25,26). The molecule has 9 heteroatoms. The van der Waals surface area contributed by atoms with Gasteiger partial charge in [-0.3, -0.25) is 10.1 Å². The molecule has 0 spiro atoms. The summed E-state index contributed by atoms with van der Waals surface area (Å²) in [6.45, 7) is 1.99. The maximum absolute atomic E-state index is 13.1. The molecule has 2 aromatic heterocycles. The van der Waals surface area contributed by atoms with Crippen LogP contribution in [0.5, 0.6) is 11.5 Å². The Hall–Kier alpha value is -3.30. The molecule has 0 saturated heterocycles. The molecule has 4 aromatic rings. The molecule has 1 amide bonds. The van der Waals surface area contributed by atoms with Crippen LogP contribution in [0.25, 0.3) is 21.8 Å². The Morgan fingerprint density at radius 1 is 1.07 bits per heavy atom. The van der Waals surface area contributed by atoms with Gasteiger partial charge in [0.1, 0.15) is 15.7 Å². The zero-order valence-electron chi connectivity index (χ0n) is 15.6. The molecule has 1 N–H and O–H groups in total. The van der Waals surface area contributed by atoms with E-state index in [9.17, 15) is 9.18 Å². The first kappa shape index (κ1) is 18.7. The number of anilines is 1. The zero-order chi connectivity index (χ0) is 20.7. The van der Waals surface area contributed by atoms with E-state index in [1.54, 1.807) is 19.1 Å². The van der Waals surface area contributed by atoms with Gasteiger partial charge in [0.15, 0.2) is 16.6 Å². The van der Waals surface area contributed by atoms with Crippen molar-refractivity contribution in [3.63, 3.8) is 0 Å². The van der Waals surface area contributed by atoms with E-state index in [2.05, 4.69) is 15.3 Å². The van der Waals surface area contributed by atoms with Gasteiger partial charge in [0.25, 0.3) is 5.91 Å². The van der Waals surface area contributed by atoms with Crippen LogP contribution in [0.3, 0.4) is 0 Å². The minimum Gasteiger partial charge on any atom is -0.454 e. The number of fused-ring (bicyclic) bond motifs is 1. The fourth-order valence-electron chi connectivity index (χ4n) is 3.00. The molecule has 6 nitrogen and oxygen atoms in total. The summed E-state index contributed by atoms with van der Waals surface area (Å²) < 4.78 is 23.9. The first-order valence-corrected chi connectivity index (χ1v) is 10.7. The molecular formula is C21H14FN3O3S2. The highest BCUT2D eigenvalue weighted by molar-refractivity contribution is 7.17. The number of thiazole rings is 2. The maximum Gasteiger partial charge on any atom is 0.269 e. The summed E-state index contributed by atoms with van der Waals surface area (Å²) in [5, 5.41) is 5.86. The molecule has 0 atom stereocenters. The predicted octanol–water partition coefficient (Wildman–Crippen LogP) is 5.36. The second-order valence-corrected chi connectivity index (χ2v) is 8.36. The molecule has 0 bridgehead atoms. The third kappa shape index (κ3) is 3.53. The van der Waals surface area contributed by atoms with Crippen molar-refractivity contribution in [3.8, 4) is 33.3 Å². The summed E-state index contributed by atoms with van der Waals surface area (Å²) in [5.41, 5.74) is 3.00. The fraction of sp³-hybridized carbons (Fsp3) is 0.0952. The summed E-state index contributed by atoms with van der Waals surface area (Å²) in [5.74, 6) is 0.803. The van der Waals surface area contributed by atoms with Crippen LogP contribution in [0.1, 0.15) is 15.4 Å². The first-order valence-electron chi connectivity index (χ1n) is 8.97. The molecule has 0 fully saturated rings. The summed E-state index contributed by atoms with van der Waals surface area (Å²) in [6, 6.07) is 11.6. The van der Waals surface area contributed by atoms with Gasteiger partial charge in [-0.15, -0.1) is 22.7 Å². The van der Waals surface area contributed by atoms with Crippen molar-refractivity contribution < 1.29 is 18.7 Å². The van der Waals surface area contributed by atoms with Crippen molar-refractivity contribution in [1.29, 1.82) is 0 Å². The largest absolute Gasteiger partial charge is 0.454 e. The number of aryl methyl sites for hydroxylation is 1. The number of benzene rings is 2. The number of amides is 1. The smallest absolute Gasteiger partial charge is 0.269 e. The van der Waals surface area contributed by atoms with Crippen molar-refractivity contribution in [1.82, 2.24) is 9.97 Å². The lowest BCUT2D eigenvalue weighted by atomic mass is 10.1. The van der Waals surface area contributed by atoms with Gasteiger partial charge in [-0.1, -0.05) is 0 Å². The van der Waals surface area contributed by atoms with Gasteiger partial charge >= 0.3 is 0 Å². The highest BCUT2D eigenvalue weighted by Crippen LogP contribution is 2.37. The summed E-state index contributed by atoms with van der Waals surface area (Å²) >= 11 is 2.60. The Morgan fingerprint density at radius 3 is 2.67 bits per heavy atom. The number of hydrogen-bond acceptors (Lipinski definition) is 7.